The van der Waals surface area contributed by atoms with Crippen LogP contribution in [0.4, 0.5) is 0 Å². The molecule has 0 aromatic heterocycles. The maximum absolute atomic E-state index is 12.9. The molecule has 450 valence electrons. The van der Waals surface area contributed by atoms with Crippen LogP contribution in [0.5, 0.6) is 0 Å². The molecule has 3 N–H and O–H groups in total. The molecule has 0 amide bonds. The number of phosphoric ester groups is 2. The molecule has 0 rings (SSSR count). The largest absolute Gasteiger partial charge is 0.472 e. The summed E-state index contributed by atoms with van der Waals surface area (Å²) in [6, 6.07) is 0. The molecular formula is C57H110O17P2. The van der Waals surface area contributed by atoms with Gasteiger partial charge in [0.2, 0.25) is 0 Å². The third-order valence-electron chi connectivity index (χ3n) is 13.2. The minimum absolute atomic E-state index is 0.100. The molecule has 19 heteroatoms. The van der Waals surface area contributed by atoms with Crippen molar-refractivity contribution in [3.8, 4) is 0 Å². The number of hydrogen-bond donors (Lipinski definition) is 3. The summed E-state index contributed by atoms with van der Waals surface area (Å²) in [5.74, 6) is -0.0179. The number of aliphatic hydroxyl groups is 1. The van der Waals surface area contributed by atoms with Crippen LogP contribution >= 0.6 is 15.6 Å². The minimum atomic E-state index is -4.94. The van der Waals surface area contributed by atoms with Gasteiger partial charge in [0.1, 0.15) is 19.3 Å². The molecule has 17 nitrogen and oxygen atoms in total. The van der Waals surface area contributed by atoms with Crippen LogP contribution in [0.2, 0.25) is 0 Å². The maximum atomic E-state index is 12.9. The molecule has 76 heavy (non-hydrogen) atoms. The molecule has 3 unspecified atom stereocenters. The molecule has 0 bridgehead atoms. The van der Waals surface area contributed by atoms with Gasteiger partial charge in [0.15, 0.2) is 12.2 Å². The number of hydrogen-bond acceptors (Lipinski definition) is 15. The first kappa shape index (κ1) is 74.1. The van der Waals surface area contributed by atoms with E-state index in [0.29, 0.717) is 37.5 Å². The van der Waals surface area contributed by atoms with Crippen LogP contribution in [-0.2, 0) is 65.4 Å². The Labute approximate surface area is 460 Å². The predicted molar refractivity (Wildman–Crippen MR) is 298 cm³/mol. The summed E-state index contributed by atoms with van der Waals surface area (Å²) < 4.78 is 67.5. The molecule has 0 aliphatic rings. The van der Waals surface area contributed by atoms with E-state index >= 15 is 0 Å². The van der Waals surface area contributed by atoms with E-state index in [-0.39, 0.29) is 25.7 Å². The summed E-state index contributed by atoms with van der Waals surface area (Å²) in [6.07, 6.45) is 27.2. The van der Waals surface area contributed by atoms with Crippen molar-refractivity contribution >= 4 is 39.5 Å². The quantitative estimate of drug-likeness (QED) is 0.0222. The zero-order valence-corrected chi connectivity index (χ0v) is 50.5. The molecular weight excluding hydrogens is 1020 g/mol. The van der Waals surface area contributed by atoms with Crippen LogP contribution in [0.1, 0.15) is 267 Å². The molecule has 0 aromatic carbocycles. The average molecular weight is 1130 g/mol. The van der Waals surface area contributed by atoms with Gasteiger partial charge in [-0.2, -0.15) is 0 Å². The number of ether oxygens (including phenoxy) is 4. The van der Waals surface area contributed by atoms with Crippen LogP contribution in [0.15, 0.2) is 0 Å². The van der Waals surface area contributed by atoms with Crippen molar-refractivity contribution in [3.63, 3.8) is 0 Å². The number of carbonyl (C=O) groups is 4. The van der Waals surface area contributed by atoms with E-state index < -0.39 is 97.5 Å². The Morgan fingerprint density at radius 1 is 0.382 bits per heavy atom. The Bertz CT molecular complexity index is 1530. The second-order valence-corrected chi connectivity index (χ2v) is 24.8. The molecule has 0 saturated heterocycles. The van der Waals surface area contributed by atoms with Gasteiger partial charge in [0, 0.05) is 25.7 Å². The molecule has 0 fully saturated rings. The predicted octanol–water partition coefficient (Wildman–Crippen LogP) is 14.8. The molecule has 0 aliphatic heterocycles. The van der Waals surface area contributed by atoms with Crippen molar-refractivity contribution in [1.82, 2.24) is 0 Å². The van der Waals surface area contributed by atoms with E-state index in [0.717, 1.165) is 109 Å². The van der Waals surface area contributed by atoms with E-state index in [2.05, 4.69) is 48.5 Å². The van der Waals surface area contributed by atoms with E-state index in [1.54, 1.807) is 0 Å². The zero-order valence-electron chi connectivity index (χ0n) is 48.7. The Hall–Kier alpha value is -1.94. The van der Waals surface area contributed by atoms with Gasteiger partial charge in [-0.25, -0.2) is 9.13 Å². The van der Waals surface area contributed by atoms with Crippen LogP contribution < -0.4 is 0 Å². The third-order valence-corrected chi connectivity index (χ3v) is 15.1. The summed E-state index contributed by atoms with van der Waals surface area (Å²) in [5.41, 5.74) is 0. The lowest BCUT2D eigenvalue weighted by Crippen LogP contribution is -2.30. The highest BCUT2D eigenvalue weighted by atomic mass is 31.2. The smallest absolute Gasteiger partial charge is 0.462 e. The van der Waals surface area contributed by atoms with Crippen LogP contribution in [-0.4, -0.2) is 96.7 Å². The normalized spacial score (nSPS) is 14.9. The molecule has 0 saturated carbocycles. The molecule has 6 atom stereocenters. The summed E-state index contributed by atoms with van der Waals surface area (Å²) >= 11 is 0. The lowest BCUT2D eigenvalue weighted by molar-refractivity contribution is -0.161. The number of aliphatic hydroxyl groups excluding tert-OH is 1. The lowest BCUT2D eigenvalue weighted by Gasteiger charge is -2.21. The van der Waals surface area contributed by atoms with Crippen molar-refractivity contribution < 1.29 is 80.2 Å². The first-order chi connectivity index (χ1) is 36.3. The van der Waals surface area contributed by atoms with Gasteiger partial charge < -0.3 is 33.8 Å². The molecule has 0 aromatic rings. The Morgan fingerprint density at radius 2 is 0.671 bits per heavy atom. The first-order valence-corrected chi connectivity index (χ1v) is 32.9. The average Bonchev–Trinajstić information content (AvgIpc) is 3.37. The Balaban J connectivity index is 5.20. The third kappa shape index (κ3) is 50.3. The van der Waals surface area contributed by atoms with Crippen molar-refractivity contribution in [2.45, 2.75) is 285 Å². The summed E-state index contributed by atoms with van der Waals surface area (Å²) in [7, 11) is -9.87. The highest BCUT2D eigenvalue weighted by Gasteiger charge is 2.30. The van der Waals surface area contributed by atoms with E-state index in [1.807, 2.05) is 0 Å². The van der Waals surface area contributed by atoms with Crippen molar-refractivity contribution in [1.29, 1.82) is 0 Å². The van der Waals surface area contributed by atoms with Gasteiger partial charge in [-0.3, -0.25) is 37.3 Å². The number of carbonyl (C=O) groups excluding carboxylic acids is 4. The van der Waals surface area contributed by atoms with Crippen molar-refractivity contribution in [2.24, 2.45) is 17.8 Å². The van der Waals surface area contributed by atoms with E-state index in [1.165, 1.54) is 64.2 Å². The Morgan fingerprint density at radius 3 is 1.00 bits per heavy atom. The fourth-order valence-electron chi connectivity index (χ4n) is 8.21. The van der Waals surface area contributed by atoms with Gasteiger partial charge in [0.05, 0.1) is 26.4 Å². The van der Waals surface area contributed by atoms with Gasteiger partial charge >= 0.3 is 39.5 Å². The van der Waals surface area contributed by atoms with Crippen LogP contribution in [0.3, 0.4) is 0 Å². The standard InChI is InChI=1S/C57H110O17P2/c1-8-10-11-21-31-38-54(59)67-44-52(74-57(62)41-34-27-20-19-23-29-36-49(5)6)46-71-75(63,64)69-42-51(58)43-70-76(65,66)72-47-53(45-68-55(60)39-32-25-18-14-15-22-28-35-48(3)4)73-56(61)40-33-26-17-13-12-16-24-30-37-50(7)9-2/h48-53,58H,8-47H2,1-7H3,(H,63,64)(H,65,66)/t50?,51-,52+,53+/m0/s1. The van der Waals surface area contributed by atoms with Crippen LogP contribution in [0, 0.1) is 17.8 Å². The SMILES string of the molecule is CCCCCCCC(=O)OC[C@H](COP(=O)(O)OC[C@H](O)COP(=O)(O)OC[C@@H](COC(=O)CCCCCCCCCC(C)C)OC(=O)CCCCCCCCCCC(C)CC)OC(=O)CCCCCCCCC(C)C. The van der Waals surface area contributed by atoms with Crippen molar-refractivity contribution in [2.75, 3.05) is 39.6 Å². The molecule has 0 aliphatic carbocycles. The Kier molecular flexibility index (Phi) is 47.7. The number of esters is 4. The molecule has 0 heterocycles. The first-order valence-electron chi connectivity index (χ1n) is 29.9. The monoisotopic (exact) mass is 1130 g/mol. The summed E-state index contributed by atoms with van der Waals surface area (Å²) in [5, 5.41) is 10.5. The number of unbranched alkanes of at least 4 members (excludes halogenated alkanes) is 22. The fourth-order valence-corrected chi connectivity index (χ4v) is 9.79. The van der Waals surface area contributed by atoms with Gasteiger partial charge in [-0.15, -0.1) is 0 Å². The van der Waals surface area contributed by atoms with Gasteiger partial charge in [-0.05, 0) is 43.4 Å². The second-order valence-electron chi connectivity index (χ2n) is 21.9. The summed E-state index contributed by atoms with van der Waals surface area (Å²) in [4.78, 5) is 71.6. The van der Waals surface area contributed by atoms with Crippen molar-refractivity contribution in [3.05, 3.63) is 0 Å². The fraction of sp³-hybridized carbons (Fsp3) is 0.930. The molecule has 0 spiro atoms. The number of phosphoric acid groups is 2. The maximum Gasteiger partial charge on any atom is 0.472 e. The van der Waals surface area contributed by atoms with Gasteiger partial charge in [-0.1, -0.05) is 215 Å². The highest BCUT2D eigenvalue weighted by molar-refractivity contribution is 7.47. The topological polar surface area (TPSA) is 237 Å². The molecule has 0 radical (unpaired) electrons. The summed E-state index contributed by atoms with van der Waals surface area (Å²) in [6.45, 7) is 11.5. The zero-order chi connectivity index (χ0) is 56.7. The van der Waals surface area contributed by atoms with E-state index in [9.17, 15) is 43.2 Å². The second kappa shape index (κ2) is 48.9. The lowest BCUT2D eigenvalue weighted by atomic mass is 9.99. The highest BCUT2D eigenvalue weighted by Crippen LogP contribution is 2.45. The number of rotatable bonds is 55. The van der Waals surface area contributed by atoms with Crippen LogP contribution in [0.25, 0.3) is 0 Å². The van der Waals surface area contributed by atoms with E-state index in [4.69, 9.17) is 37.0 Å². The minimum Gasteiger partial charge on any atom is -0.462 e. The van der Waals surface area contributed by atoms with Gasteiger partial charge in [0.25, 0.3) is 0 Å².